The van der Waals surface area contributed by atoms with E-state index in [-0.39, 0.29) is 0 Å². The summed E-state index contributed by atoms with van der Waals surface area (Å²) in [6.07, 6.45) is 3.71. The standard InChI is InChI=1S/C37H23N3/c1-4-13-31-26(8-1)23-35-30-16-17-34-37(36(30)28-11-2-6-15-33(28)40(31)35)29-12-3-5-14-32(29)39(34)27-10-7-9-25(22-27)24-18-20-38-21-19-24/h1-23H. The molecule has 4 aromatic heterocycles. The van der Waals surface area contributed by atoms with E-state index in [0.717, 1.165) is 11.3 Å². The Kier molecular flexibility index (Phi) is 4.33. The number of nitrogens with zero attached hydrogens (tertiary/aromatic N) is 3. The highest BCUT2D eigenvalue weighted by Gasteiger charge is 2.19. The summed E-state index contributed by atoms with van der Waals surface area (Å²) in [5, 5.41) is 7.68. The quantitative estimate of drug-likeness (QED) is 0.213. The van der Waals surface area contributed by atoms with Crippen molar-refractivity contribution >= 4 is 59.9 Å². The molecule has 5 aromatic carbocycles. The van der Waals surface area contributed by atoms with E-state index in [1.54, 1.807) is 0 Å². The molecule has 40 heavy (non-hydrogen) atoms. The van der Waals surface area contributed by atoms with E-state index in [9.17, 15) is 0 Å². The molecule has 9 rings (SSSR count). The molecule has 0 spiro atoms. The van der Waals surface area contributed by atoms with Crippen LogP contribution < -0.4 is 0 Å². The van der Waals surface area contributed by atoms with Crippen LogP contribution in [0.25, 0.3) is 76.7 Å². The molecule has 0 aliphatic carbocycles. The van der Waals surface area contributed by atoms with Crippen molar-refractivity contribution in [2.75, 3.05) is 0 Å². The van der Waals surface area contributed by atoms with Gasteiger partial charge in [-0.2, -0.15) is 0 Å². The van der Waals surface area contributed by atoms with Gasteiger partial charge in [-0.05, 0) is 65.7 Å². The predicted octanol–water partition coefficient (Wildman–Crippen LogP) is 9.56. The molecule has 0 saturated heterocycles. The van der Waals surface area contributed by atoms with Crippen molar-refractivity contribution in [2.24, 2.45) is 0 Å². The van der Waals surface area contributed by atoms with Crippen LogP contribution in [-0.2, 0) is 0 Å². The number of hydrogen-bond donors (Lipinski definition) is 0. The van der Waals surface area contributed by atoms with Gasteiger partial charge >= 0.3 is 0 Å². The largest absolute Gasteiger partial charge is 0.309 e. The number of rotatable bonds is 2. The Morgan fingerprint density at radius 2 is 1.12 bits per heavy atom. The van der Waals surface area contributed by atoms with E-state index in [1.807, 2.05) is 12.4 Å². The maximum Gasteiger partial charge on any atom is 0.0547 e. The minimum Gasteiger partial charge on any atom is -0.309 e. The molecule has 0 atom stereocenters. The van der Waals surface area contributed by atoms with Gasteiger partial charge in [0.05, 0.1) is 27.6 Å². The predicted molar refractivity (Wildman–Crippen MR) is 167 cm³/mol. The third-order valence-electron chi connectivity index (χ3n) is 8.36. The van der Waals surface area contributed by atoms with Gasteiger partial charge in [0.25, 0.3) is 0 Å². The highest BCUT2D eigenvalue weighted by molar-refractivity contribution is 6.31. The number of para-hydroxylation sites is 3. The Hall–Kier alpha value is -5.41. The van der Waals surface area contributed by atoms with E-state index in [4.69, 9.17) is 0 Å². The second-order valence-corrected chi connectivity index (χ2v) is 10.5. The maximum atomic E-state index is 4.21. The molecule has 4 heterocycles. The van der Waals surface area contributed by atoms with E-state index < -0.39 is 0 Å². The lowest BCUT2D eigenvalue weighted by atomic mass is 9.99. The van der Waals surface area contributed by atoms with Crippen molar-refractivity contribution in [3.8, 4) is 16.8 Å². The Morgan fingerprint density at radius 1 is 0.425 bits per heavy atom. The third kappa shape index (κ3) is 2.86. The second-order valence-electron chi connectivity index (χ2n) is 10.5. The minimum atomic E-state index is 1.15. The van der Waals surface area contributed by atoms with Gasteiger partial charge in [0.15, 0.2) is 0 Å². The monoisotopic (exact) mass is 509 g/mol. The van der Waals surface area contributed by atoms with Crippen LogP contribution >= 0.6 is 0 Å². The maximum absolute atomic E-state index is 4.21. The number of hydrogen-bond acceptors (Lipinski definition) is 1. The molecule has 0 saturated carbocycles. The zero-order chi connectivity index (χ0) is 26.2. The molecule has 0 bridgehead atoms. The second kappa shape index (κ2) is 8.05. The molecular weight excluding hydrogens is 486 g/mol. The first-order valence-electron chi connectivity index (χ1n) is 13.6. The van der Waals surface area contributed by atoms with Crippen LogP contribution in [-0.4, -0.2) is 14.0 Å². The first kappa shape index (κ1) is 21.5. The highest BCUT2D eigenvalue weighted by atomic mass is 15.0. The number of benzene rings is 5. The SMILES string of the molecule is c1cc(-c2ccncc2)cc(-n2c3ccccc3c3c4c5ccccc5n5c6ccccc6cc5c4ccc32)c1. The molecule has 3 heteroatoms. The van der Waals surface area contributed by atoms with Gasteiger partial charge in [-0.1, -0.05) is 72.8 Å². The summed E-state index contributed by atoms with van der Waals surface area (Å²) >= 11 is 0. The van der Waals surface area contributed by atoms with Gasteiger partial charge in [-0.3, -0.25) is 4.98 Å². The summed E-state index contributed by atoms with van der Waals surface area (Å²) in [6.45, 7) is 0. The zero-order valence-corrected chi connectivity index (χ0v) is 21.6. The topological polar surface area (TPSA) is 22.2 Å². The molecule has 0 N–H and O–H groups in total. The van der Waals surface area contributed by atoms with Crippen LogP contribution in [0.5, 0.6) is 0 Å². The van der Waals surface area contributed by atoms with Gasteiger partial charge in [-0.15, -0.1) is 0 Å². The molecule has 0 radical (unpaired) electrons. The Bertz CT molecular complexity index is 2430. The number of aromatic nitrogens is 3. The van der Waals surface area contributed by atoms with Crippen LogP contribution in [0.2, 0.25) is 0 Å². The molecule has 0 amide bonds. The van der Waals surface area contributed by atoms with E-state index in [2.05, 4.69) is 141 Å². The van der Waals surface area contributed by atoms with Crippen molar-refractivity contribution in [2.45, 2.75) is 0 Å². The van der Waals surface area contributed by atoms with Crippen LogP contribution in [0.15, 0.2) is 140 Å². The summed E-state index contributed by atoms with van der Waals surface area (Å²) in [5.74, 6) is 0. The smallest absolute Gasteiger partial charge is 0.0547 e. The first-order chi connectivity index (χ1) is 19.9. The highest BCUT2D eigenvalue weighted by Crippen LogP contribution is 2.42. The van der Waals surface area contributed by atoms with Gasteiger partial charge in [0.2, 0.25) is 0 Å². The van der Waals surface area contributed by atoms with Crippen LogP contribution in [0, 0.1) is 0 Å². The summed E-state index contributed by atoms with van der Waals surface area (Å²) in [5.41, 5.74) is 9.64. The van der Waals surface area contributed by atoms with Crippen LogP contribution in [0.1, 0.15) is 0 Å². The van der Waals surface area contributed by atoms with E-state index in [1.165, 1.54) is 65.5 Å². The molecule has 0 aliphatic heterocycles. The van der Waals surface area contributed by atoms with Crippen molar-refractivity contribution in [1.82, 2.24) is 14.0 Å². The van der Waals surface area contributed by atoms with Crippen molar-refractivity contribution in [1.29, 1.82) is 0 Å². The molecule has 9 aromatic rings. The molecule has 0 unspecified atom stereocenters. The molecule has 186 valence electrons. The molecule has 0 fully saturated rings. The van der Waals surface area contributed by atoms with Crippen molar-refractivity contribution in [3.05, 3.63) is 140 Å². The summed E-state index contributed by atoms with van der Waals surface area (Å²) in [6, 6.07) is 46.3. The summed E-state index contributed by atoms with van der Waals surface area (Å²) < 4.78 is 4.85. The average Bonchev–Trinajstić information content (AvgIpc) is 3.58. The number of pyridine rings is 2. The van der Waals surface area contributed by atoms with Gasteiger partial charge in [-0.25, -0.2) is 0 Å². The first-order valence-corrected chi connectivity index (χ1v) is 13.6. The third-order valence-corrected chi connectivity index (χ3v) is 8.36. The summed E-state index contributed by atoms with van der Waals surface area (Å²) in [4.78, 5) is 4.21. The average molecular weight is 510 g/mol. The lowest BCUT2D eigenvalue weighted by molar-refractivity contribution is 1.18. The lowest BCUT2D eigenvalue weighted by Gasteiger charge is -2.13. The van der Waals surface area contributed by atoms with E-state index in [0.29, 0.717) is 0 Å². The van der Waals surface area contributed by atoms with Gasteiger partial charge in [0, 0.05) is 50.4 Å². The fourth-order valence-corrected chi connectivity index (χ4v) is 6.69. The normalized spacial score (nSPS) is 12.0. The van der Waals surface area contributed by atoms with Crippen LogP contribution in [0.3, 0.4) is 0 Å². The van der Waals surface area contributed by atoms with Crippen LogP contribution in [0.4, 0.5) is 0 Å². The fourth-order valence-electron chi connectivity index (χ4n) is 6.69. The van der Waals surface area contributed by atoms with Gasteiger partial charge < -0.3 is 8.97 Å². The summed E-state index contributed by atoms with van der Waals surface area (Å²) in [7, 11) is 0. The molecule has 3 nitrogen and oxygen atoms in total. The Balaban J connectivity index is 1.47. The van der Waals surface area contributed by atoms with E-state index >= 15 is 0 Å². The fraction of sp³-hybridized carbons (Fsp3) is 0. The van der Waals surface area contributed by atoms with Gasteiger partial charge in [0.1, 0.15) is 0 Å². The zero-order valence-electron chi connectivity index (χ0n) is 21.6. The Morgan fingerprint density at radius 3 is 1.98 bits per heavy atom. The lowest BCUT2D eigenvalue weighted by Crippen LogP contribution is -1.95. The minimum absolute atomic E-state index is 1.15. The Labute approximate surface area is 230 Å². The van der Waals surface area contributed by atoms with Crippen molar-refractivity contribution < 1.29 is 0 Å². The van der Waals surface area contributed by atoms with Crippen molar-refractivity contribution in [3.63, 3.8) is 0 Å². The molecular formula is C37H23N3. The molecule has 0 aliphatic rings. The number of fused-ring (bicyclic) bond motifs is 12.